The Bertz CT molecular complexity index is 181. The Morgan fingerprint density at radius 1 is 1.57 bits per heavy atom. The van der Waals surface area contributed by atoms with Gasteiger partial charge in [0, 0.05) is 26.2 Å². The maximum absolute atomic E-state index is 11.2. The topological polar surface area (TPSA) is 53.6 Å². The van der Waals surface area contributed by atoms with Crippen molar-refractivity contribution in [1.82, 2.24) is 15.5 Å². The zero-order valence-electron chi connectivity index (χ0n) is 8.88. The summed E-state index contributed by atoms with van der Waals surface area (Å²) in [6.07, 6.45) is 0.231. The number of nitrogens with zero attached hydrogens (tertiary/aromatic N) is 1. The third-order valence-electron chi connectivity index (χ3n) is 2.08. The van der Waals surface area contributed by atoms with E-state index in [2.05, 4.69) is 10.6 Å². The van der Waals surface area contributed by atoms with Gasteiger partial charge >= 0.3 is 0 Å². The van der Waals surface area contributed by atoms with Crippen molar-refractivity contribution in [2.45, 2.75) is 6.10 Å². The van der Waals surface area contributed by atoms with Gasteiger partial charge < -0.3 is 20.3 Å². The van der Waals surface area contributed by atoms with Gasteiger partial charge in [-0.15, -0.1) is 0 Å². The number of ether oxygens (including phenoxy) is 1. The molecule has 0 radical (unpaired) electrons. The maximum atomic E-state index is 11.2. The molecule has 1 heterocycles. The fraction of sp³-hybridized carbons (Fsp3) is 0.889. The van der Waals surface area contributed by atoms with Gasteiger partial charge in [-0.3, -0.25) is 4.79 Å². The Hall–Kier alpha value is -0.650. The minimum Gasteiger partial charge on any atom is -0.366 e. The molecule has 0 aromatic carbocycles. The zero-order chi connectivity index (χ0) is 10.4. The summed E-state index contributed by atoms with van der Waals surface area (Å²) in [6.45, 7) is 3.45. The first-order valence-corrected chi connectivity index (χ1v) is 4.92. The summed E-state index contributed by atoms with van der Waals surface area (Å²) < 4.78 is 5.31. The fourth-order valence-corrected chi connectivity index (χ4v) is 1.04. The van der Waals surface area contributed by atoms with E-state index in [1.165, 1.54) is 0 Å². The molecular weight excluding hydrogens is 182 g/mol. The number of rotatable bonds is 6. The van der Waals surface area contributed by atoms with Crippen molar-refractivity contribution in [3.63, 3.8) is 0 Å². The van der Waals surface area contributed by atoms with Gasteiger partial charge in [0.05, 0.1) is 6.10 Å². The average molecular weight is 201 g/mol. The van der Waals surface area contributed by atoms with E-state index in [1.807, 2.05) is 19.0 Å². The van der Waals surface area contributed by atoms with Gasteiger partial charge in [0.1, 0.15) is 6.61 Å². The molecule has 82 valence electrons. The highest BCUT2D eigenvalue weighted by molar-refractivity contribution is 5.77. The summed E-state index contributed by atoms with van der Waals surface area (Å²) in [6, 6.07) is 0. The minimum absolute atomic E-state index is 0.0289. The Balaban J connectivity index is 1.92. The molecule has 0 aliphatic carbocycles. The van der Waals surface area contributed by atoms with Crippen LogP contribution in [0.5, 0.6) is 0 Å². The van der Waals surface area contributed by atoms with Crippen molar-refractivity contribution in [3.8, 4) is 0 Å². The molecule has 5 heteroatoms. The van der Waals surface area contributed by atoms with Gasteiger partial charge in [-0.2, -0.15) is 0 Å². The Labute approximate surface area is 84.8 Å². The van der Waals surface area contributed by atoms with Gasteiger partial charge in [0.15, 0.2) is 0 Å². The lowest BCUT2D eigenvalue weighted by atomic mass is 10.2. The van der Waals surface area contributed by atoms with E-state index in [0.29, 0.717) is 6.54 Å². The van der Waals surface area contributed by atoms with Gasteiger partial charge in [-0.1, -0.05) is 0 Å². The van der Waals surface area contributed by atoms with Crippen molar-refractivity contribution in [2.75, 3.05) is 46.9 Å². The van der Waals surface area contributed by atoms with E-state index in [9.17, 15) is 4.79 Å². The third-order valence-corrected chi connectivity index (χ3v) is 2.08. The van der Waals surface area contributed by atoms with Crippen LogP contribution in [0.3, 0.4) is 0 Å². The van der Waals surface area contributed by atoms with Gasteiger partial charge in [-0.25, -0.2) is 0 Å². The van der Waals surface area contributed by atoms with Gasteiger partial charge in [0.25, 0.3) is 0 Å². The van der Waals surface area contributed by atoms with E-state index >= 15 is 0 Å². The summed E-state index contributed by atoms with van der Waals surface area (Å²) in [7, 11) is 3.95. The number of hydrogen-bond donors (Lipinski definition) is 2. The van der Waals surface area contributed by atoms with Crippen molar-refractivity contribution < 1.29 is 9.53 Å². The van der Waals surface area contributed by atoms with Crippen molar-refractivity contribution in [1.29, 1.82) is 0 Å². The first-order chi connectivity index (χ1) is 6.68. The molecule has 1 rings (SSSR count). The lowest BCUT2D eigenvalue weighted by Crippen LogP contribution is -2.49. The Morgan fingerprint density at radius 3 is 2.79 bits per heavy atom. The zero-order valence-corrected chi connectivity index (χ0v) is 8.88. The molecule has 14 heavy (non-hydrogen) atoms. The quantitative estimate of drug-likeness (QED) is 0.558. The number of hydrogen-bond acceptors (Lipinski definition) is 4. The monoisotopic (exact) mass is 201 g/mol. The highest BCUT2D eigenvalue weighted by atomic mass is 16.5. The number of carbonyl (C=O) groups is 1. The Morgan fingerprint density at radius 2 is 2.29 bits per heavy atom. The second kappa shape index (κ2) is 5.95. The molecule has 1 saturated heterocycles. The number of amides is 1. The van der Waals surface area contributed by atoms with Crippen LogP contribution in [-0.4, -0.2) is 63.8 Å². The second-order valence-corrected chi connectivity index (χ2v) is 3.74. The molecule has 0 aromatic rings. The molecule has 2 N–H and O–H groups in total. The predicted octanol–water partition coefficient (Wildman–Crippen LogP) is -1.35. The van der Waals surface area contributed by atoms with Crippen LogP contribution in [0.1, 0.15) is 0 Å². The molecule has 1 aliphatic heterocycles. The highest BCUT2D eigenvalue weighted by Crippen LogP contribution is 1.96. The van der Waals surface area contributed by atoms with E-state index in [1.54, 1.807) is 0 Å². The van der Waals surface area contributed by atoms with Crippen molar-refractivity contribution >= 4 is 5.91 Å². The molecular formula is C9H19N3O2. The lowest BCUT2D eigenvalue weighted by Gasteiger charge is -2.26. The van der Waals surface area contributed by atoms with Crippen LogP contribution in [-0.2, 0) is 9.53 Å². The normalized spacial score (nSPS) is 16.8. The van der Waals surface area contributed by atoms with Crippen LogP contribution >= 0.6 is 0 Å². The lowest BCUT2D eigenvalue weighted by molar-refractivity contribution is -0.128. The summed E-state index contributed by atoms with van der Waals surface area (Å²) in [5.41, 5.74) is 0. The second-order valence-electron chi connectivity index (χ2n) is 3.74. The van der Waals surface area contributed by atoms with Gasteiger partial charge in [0.2, 0.25) is 5.91 Å². The van der Waals surface area contributed by atoms with E-state index < -0.39 is 0 Å². The standard InChI is InChI=1S/C9H19N3O2/c1-12(2)4-3-11-9(13)7-14-8-5-10-6-8/h8,10H,3-7H2,1-2H3,(H,11,13). The van der Waals surface area contributed by atoms with Crippen LogP contribution in [0.4, 0.5) is 0 Å². The number of likely N-dealkylation sites (N-methyl/N-ethyl adjacent to an activating group) is 1. The summed E-state index contributed by atoms with van der Waals surface area (Å²) in [4.78, 5) is 13.2. The SMILES string of the molecule is CN(C)CCNC(=O)COC1CNC1. The summed E-state index contributed by atoms with van der Waals surface area (Å²) in [5.74, 6) is -0.0289. The van der Waals surface area contributed by atoms with Crippen LogP contribution in [0.2, 0.25) is 0 Å². The van der Waals surface area contributed by atoms with Crippen molar-refractivity contribution in [2.24, 2.45) is 0 Å². The largest absolute Gasteiger partial charge is 0.366 e. The van der Waals surface area contributed by atoms with Crippen LogP contribution in [0, 0.1) is 0 Å². The van der Waals surface area contributed by atoms with Crippen molar-refractivity contribution in [3.05, 3.63) is 0 Å². The molecule has 0 atom stereocenters. The molecule has 1 fully saturated rings. The van der Waals surface area contributed by atoms with E-state index in [-0.39, 0.29) is 18.6 Å². The molecule has 5 nitrogen and oxygen atoms in total. The third kappa shape index (κ3) is 4.55. The maximum Gasteiger partial charge on any atom is 0.246 e. The molecule has 0 spiro atoms. The van der Waals surface area contributed by atoms with Gasteiger partial charge in [-0.05, 0) is 14.1 Å². The average Bonchev–Trinajstić information content (AvgIpc) is 2.00. The first-order valence-electron chi connectivity index (χ1n) is 4.92. The fourth-order valence-electron chi connectivity index (χ4n) is 1.04. The molecule has 0 aromatic heterocycles. The highest BCUT2D eigenvalue weighted by Gasteiger charge is 2.17. The Kier molecular flexibility index (Phi) is 4.86. The van der Waals surface area contributed by atoms with E-state index in [4.69, 9.17) is 4.74 Å². The molecule has 0 unspecified atom stereocenters. The van der Waals surface area contributed by atoms with Crippen LogP contribution in [0.25, 0.3) is 0 Å². The minimum atomic E-state index is -0.0289. The predicted molar refractivity (Wildman–Crippen MR) is 54.2 cm³/mol. The van der Waals surface area contributed by atoms with Crippen LogP contribution < -0.4 is 10.6 Å². The molecule has 0 bridgehead atoms. The summed E-state index contributed by atoms with van der Waals surface area (Å²) in [5, 5.41) is 5.87. The first kappa shape index (κ1) is 11.4. The smallest absolute Gasteiger partial charge is 0.246 e. The molecule has 1 amide bonds. The summed E-state index contributed by atoms with van der Waals surface area (Å²) >= 11 is 0. The number of carbonyl (C=O) groups excluding carboxylic acids is 1. The molecule has 1 aliphatic rings. The molecule has 0 saturated carbocycles. The van der Waals surface area contributed by atoms with E-state index in [0.717, 1.165) is 19.6 Å². The van der Waals surface area contributed by atoms with Crippen LogP contribution in [0.15, 0.2) is 0 Å². The number of nitrogens with one attached hydrogen (secondary N) is 2.